The summed E-state index contributed by atoms with van der Waals surface area (Å²) in [6, 6.07) is 0.306. The zero-order chi connectivity index (χ0) is 6.41. The predicted molar refractivity (Wildman–Crippen MR) is 34.8 cm³/mol. The minimum Gasteiger partial charge on any atom is -0.395 e. The van der Waals surface area contributed by atoms with E-state index in [0.29, 0.717) is 6.04 Å². The van der Waals surface area contributed by atoms with Crippen LogP contribution in [0.15, 0.2) is 0 Å². The lowest BCUT2D eigenvalue weighted by atomic mass is 10.2. The monoisotopic (exact) mass is 117 g/mol. The maximum atomic E-state index is 8.59. The quantitative estimate of drug-likeness (QED) is 0.557. The van der Waals surface area contributed by atoms with Crippen molar-refractivity contribution in [3.05, 3.63) is 0 Å². The first kappa shape index (κ1) is 7.92. The van der Waals surface area contributed by atoms with Gasteiger partial charge in [0.25, 0.3) is 0 Å². The van der Waals surface area contributed by atoms with Gasteiger partial charge >= 0.3 is 0 Å². The van der Waals surface area contributed by atoms with Gasteiger partial charge in [0.2, 0.25) is 0 Å². The minimum atomic E-state index is 0.254. The molecular formula is C6H15NO. The van der Waals surface area contributed by atoms with Crippen LogP contribution < -0.4 is 5.32 Å². The summed E-state index contributed by atoms with van der Waals surface area (Å²) >= 11 is 0. The van der Waals surface area contributed by atoms with Crippen LogP contribution in [-0.2, 0) is 0 Å². The number of aliphatic hydroxyl groups is 1. The number of nitrogens with one attached hydrogen (secondary N) is 1. The van der Waals surface area contributed by atoms with Crippen LogP contribution in [0.2, 0.25) is 0 Å². The van der Waals surface area contributed by atoms with E-state index in [1.165, 1.54) is 0 Å². The van der Waals surface area contributed by atoms with Gasteiger partial charge < -0.3 is 10.4 Å². The first-order valence-electron chi connectivity index (χ1n) is 3.13. The van der Waals surface area contributed by atoms with E-state index in [0.717, 1.165) is 12.8 Å². The molecule has 0 aromatic carbocycles. The lowest BCUT2D eigenvalue weighted by Crippen LogP contribution is -2.28. The Morgan fingerprint density at radius 2 is 2.25 bits per heavy atom. The molecule has 8 heavy (non-hydrogen) atoms. The van der Waals surface area contributed by atoms with Crippen LogP contribution in [0.3, 0.4) is 0 Å². The van der Waals surface area contributed by atoms with Gasteiger partial charge in [0.15, 0.2) is 0 Å². The number of aliphatic hydroxyl groups excluding tert-OH is 1. The lowest BCUT2D eigenvalue weighted by Gasteiger charge is -2.09. The van der Waals surface area contributed by atoms with Crippen molar-refractivity contribution in [2.45, 2.75) is 25.8 Å². The van der Waals surface area contributed by atoms with Gasteiger partial charge in [-0.2, -0.15) is 0 Å². The molecule has 0 saturated heterocycles. The summed E-state index contributed by atoms with van der Waals surface area (Å²) in [4.78, 5) is 0. The first-order valence-corrected chi connectivity index (χ1v) is 3.13. The molecule has 0 aromatic rings. The molecule has 0 aromatic heterocycles. The third-order valence-corrected chi connectivity index (χ3v) is 1.27. The van der Waals surface area contributed by atoms with Gasteiger partial charge in [-0.1, -0.05) is 13.3 Å². The van der Waals surface area contributed by atoms with E-state index in [1.54, 1.807) is 0 Å². The standard InChI is InChI=1S/C6H15NO/c1-3-4-6(5-8)7-2/h6-8H,3-5H2,1-2H3/t6-/m0/s1. The van der Waals surface area contributed by atoms with Crippen molar-refractivity contribution in [3.8, 4) is 0 Å². The van der Waals surface area contributed by atoms with Gasteiger partial charge in [0, 0.05) is 6.04 Å². The van der Waals surface area contributed by atoms with Gasteiger partial charge in [0.05, 0.1) is 6.61 Å². The first-order chi connectivity index (χ1) is 3.85. The topological polar surface area (TPSA) is 32.3 Å². The van der Waals surface area contributed by atoms with Crippen LogP contribution in [-0.4, -0.2) is 24.8 Å². The summed E-state index contributed by atoms with van der Waals surface area (Å²) in [6.45, 7) is 2.37. The van der Waals surface area contributed by atoms with Crippen LogP contribution in [0.5, 0.6) is 0 Å². The smallest absolute Gasteiger partial charge is 0.0584 e. The third kappa shape index (κ3) is 2.99. The Hall–Kier alpha value is -0.0800. The Balaban J connectivity index is 3.07. The van der Waals surface area contributed by atoms with E-state index in [1.807, 2.05) is 7.05 Å². The fraction of sp³-hybridized carbons (Fsp3) is 1.00. The molecule has 0 bridgehead atoms. The van der Waals surface area contributed by atoms with E-state index < -0.39 is 0 Å². The molecule has 0 rings (SSSR count). The molecule has 50 valence electrons. The van der Waals surface area contributed by atoms with E-state index in [2.05, 4.69) is 12.2 Å². The Kier molecular flexibility index (Phi) is 5.01. The third-order valence-electron chi connectivity index (χ3n) is 1.27. The van der Waals surface area contributed by atoms with Crippen LogP contribution in [0.4, 0.5) is 0 Å². The average molecular weight is 117 g/mol. The van der Waals surface area contributed by atoms with Crippen LogP contribution in [0, 0.1) is 0 Å². The Morgan fingerprint density at radius 1 is 1.62 bits per heavy atom. The van der Waals surface area contributed by atoms with Crippen molar-refractivity contribution in [2.75, 3.05) is 13.7 Å². The van der Waals surface area contributed by atoms with Crippen LogP contribution in [0.25, 0.3) is 0 Å². The van der Waals surface area contributed by atoms with E-state index in [4.69, 9.17) is 5.11 Å². The SMILES string of the molecule is CCC[C@@H](CO)NC. The molecule has 2 N–H and O–H groups in total. The molecule has 0 saturated carbocycles. The predicted octanol–water partition coefficient (Wildman–Crippen LogP) is 0.367. The molecule has 0 fully saturated rings. The molecule has 0 amide bonds. The Labute approximate surface area is 50.9 Å². The van der Waals surface area contributed by atoms with Crippen molar-refractivity contribution < 1.29 is 5.11 Å². The zero-order valence-electron chi connectivity index (χ0n) is 5.65. The highest BCUT2D eigenvalue weighted by Crippen LogP contribution is 1.92. The van der Waals surface area contributed by atoms with Crippen LogP contribution >= 0.6 is 0 Å². The molecule has 1 atom stereocenters. The molecule has 0 aliphatic rings. The summed E-state index contributed by atoms with van der Waals surface area (Å²) in [5.41, 5.74) is 0. The molecule has 2 nitrogen and oxygen atoms in total. The summed E-state index contributed by atoms with van der Waals surface area (Å²) in [5, 5.41) is 11.6. The number of rotatable bonds is 4. The van der Waals surface area contributed by atoms with Crippen LogP contribution in [0.1, 0.15) is 19.8 Å². The highest BCUT2D eigenvalue weighted by atomic mass is 16.3. The van der Waals surface area contributed by atoms with Crippen molar-refractivity contribution >= 4 is 0 Å². The zero-order valence-corrected chi connectivity index (χ0v) is 5.65. The Morgan fingerprint density at radius 3 is 2.38 bits per heavy atom. The van der Waals surface area contributed by atoms with Gasteiger partial charge in [-0.3, -0.25) is 0 Å². The largest absolute Gasteiger partial charge is 0.395 e. The molecule has 0 unspecified atom stereocenters. The lowest BCUT2D eigenvalue weighted by molar-refractivity contribution is 0.241. The summed E-state index contributed by atoms with van der Waals surface area (Å²) in [7, 11) is 1.87. The van der Waals surface area contributed by atoms with E-state index in [9.17, 15) is 0 Å². The highest BCUT2D eigenvalue weighted by Gasteiger charge is 1.99. The number of hydrogen-bond donors (Lipinski definition) is 2. The number of likely N-dealkylation sites (N-methyl/N-ethyl adjacent to an activating group) is 1. The van der Waals surface area contributed by atoms with E-state index in [-0.39, 0.29) is 6.61 Å². The second-order valence-corrected chi connectivity index (χ2v) is 1.96. The normalized spacial score (nSPS) is 13.9. The molecule has 0 aliphatic carbocycles. The van der Waals surface area contributed by atoms with Gasteiger partial charge in [0.1, 0.15) is 0 Å². The second kappa shape index (κ2) is 5.06. The molecular weight excluding hydrogens is 102 g/mol. The summed E-state index contributed by atoms with van der Waals surface area (Å²) in [6.07, 6.45) is 2.19. The fourth-order valence-electron chi connectivity index (χ4n) is 0.675. The summed E-state index contributed by atoms with van der Waals surface area (Å²) < 4.78 is 0. The van der Waals surface area contributed by atoms with Crippen molar-refractivity contribution in [2.24, 2.45) is 0 Å². The molecule has 2 heteroatoms. The van der Waals surface area contributed by atoms with Gasteiger partial charge in [-0.25, -0.2) is 0 Å². The maximum absolute atomic E-state index is 8.59. The van der Waals surface area contributed by atoms with Gasteiger partial charge in [-0.15, -0.1) is 0 Å². The minimum absolute atomic E-state index is 0.254. The molecule has 0 aliphatic heterocycles. The van der Waals surface area contributed by atoms with Crippen molar-refractivity contribution in [1.82, 2.24) is 5.32 Å². The average Bonchev–Trinajstić information content (AvgIpc) is 1.83. The van der Waals surface area contributed by atoms with E-state index >= 15 is 0 Å². The Bertz CT molecular complexity index is 43.8. The second-order valence-electron chi connectivity index (χ2n) is 1.96. The summed E-state index contributed by atoms with van der Waals surface area (Å²) in [5.74, 6) is 0. The maximum Gasteiger partial charge on any atom is 0.0584 e. The van der Waals surface area contributed by atoms with Crippen molar-refractivity contribution in [1.29, 1.82) is 0 Å². The molecule has 0 radical (unpaired) electrons. The fourth-order valence-corrected chi connectivity index (χ4v) is 0.675. The van der Waals surface area contributed by atoms with Crippen molar-refractivity contribution in [3.63, 3.8) is 0 Å². The molecule has 0 heterocycles. The number of hydrogen-bond acceptors (Lipinski definition) is 2. The highest BCUT2D eigenvalue weighted by molar-refractivity contribution is 4.59. The van der Waals surface area contributed by atoms with Gasteiger partial charge in [-0.05, 0) is 13.5 Å². The molecule has 0 spiro atoms.